The van der Waals surface area contributed by atoms with Crippen molar-refractivity contribution >= 4 is 29.5 Å². The van der Waals surface area contributed by atoms with E-state index >= 15 is 0 Å². The Morgan fingerprint density at radius 2 is 1.82 bits per heavy atom. The van der Waals surface area contributed by atoms with Crippen molar-refractivity contribution in [1.29, 1.82) is 0 Å². The van der Waals surface area contributed by atoms with Crippen LogP contribution in [0, 0.1) is 5.82 Å². The van der Waals surface area contributed by atoms with E-state index in [9.17, 15) is 18.8 Å². The van der Waals surface area contributed by atoms with E-state index in [1.54, 1.807) is 30.0 Å². The number of benzene rings is 2. The fraction of sp³-hybridized carbons (Fsp3) is 0.250. The van der Waals surface area contributed by atoms with Crippen LogP contribution in [0.4, 0.5) is 4.39 Å². The Balaban J connectivity index is 1.65. The minimum atomic E-state index is -0.592. The number of fused-ring (bicyclic) bond motifs is 1. The first-order valence-corrected chi connectivity index (χ1v) is 10.1. The van der Waals surface area contributed by atoms with Crippen LogP contribution in [-0.2, 0) is 11.4 Å². The monoisotopic (exact) mass is 402 g/mol. The average molecular weight is 402 g/mol. The number of ether oxygens (including phenoxy) is 1. The van der Waals surface area contributed by atoms with Crippen LogP contribution in [0.3, 0.4) is 0 Å². The number of rotatable bonds is 8. The first-order chi connectivity index (χ1) is 13.5. The third-order valence-corrected chi connectivity index (χ3v) is 4.86. The van der Waals surface area contributed by atoms with E-state index in [1.807, 2.05) is 6.26 Å². The van der Waals surface area contributed by atoms with Crippen LogP contribution in [0.25, 0.3) is 0 Å². The highest BCUT2D eigenvalue weighted by molar-refractivity contribution is 7.98. The van der Waals surface area contributed by atoms with Crippen LogP contribution in [0.2, 0.25) is 0 Å². The molecule has 0 atom stereocenters. The summed E-state index contributed by atoms with van der Waals surface area (Å²) in [6, 6.07) is 10.4. The molecule has 1 heterocycles. The number of nitrogens with one attached hydrogen (secondary N) is 1. The Morgan fingerprint density at radius 1 is 1.11 bits per heavy atom. The maximum absolute atomic E-state index is 12.9. The molecule has 1 aliphatic rings. The predicted octanol–water partition coefficient (Wildman–Crippen LogP) is 3.18. The first kappa shape index (κ1) is 19.9. The van der Waals surface area contributed by atoms with E-state index in [2.05, 4.69) is 5.43 Å². The highest BCUT2D eigenvalue weighted by Crippen LogP contribution is 2.26. The molecule has 0 bridgehead atoms. The molecule has 146 valence electrons. The van der Waals surface area contributed by atoms with E-state index in [-0.39, 0.29) is 35.9 Å². The summed E-state index contributed by atoms with van der Waals surface area (Å²) in [6.07, 6.45) is 2.84. The van der Waals surface area contributed by atoms with Gasteiger partial charge in [0, 0.05) is 6.42 Å². The molecule has 0 aliphatic carbocycles. The van der Waals surface area contributed by atoms with Crippen LogP contribution in [0.5, 0.6) is 5.75 Å². The maximum Gasteiger partial charge on any atom is 0.280 e. The van der Waals surface area contributed by atoms with Gasteiger partial charge in [-0.2, -0.15) is 16.8 Å². The summed E-state index contributed by atoms with van der Waals surface area (Å²) >= 11 is 1.62. The number of amides is 3. The molecule has 1 aliphatic heterocycles. The topological polar surface area (TPSA) is 75.7 Å². The highest BCUT2D eigenvalue weighted by atomic mass is 32.2. The molecule has 0 saturated carbocycles. The summed E-state index contributed by atoms with van der Waals surface area (Å²) in [7, 11) is 0. The number of carbonyl (C=O) groups excluding carboxylic acids is 3. The fourth-order valence-corrected chi connectivity index (χ4v) is 3.15. The molecule has 0 radical (unpaired) electrons. The number of imide groups is 1. The zero-order valence-electron chi connectivity index (χ0n) is 15.2. The number of halogens is 1. The van der Waals surface area contributed by atoms with E-state index in [0.717, 1.165) is 16.3 Å². The highest BCUT2D eigenvalue weighted by Gasteiger charge is 2.37. The Hall–Kier alpha value is -2.87. The quantitative estimate of drug-likeness (QED) is 0.542. The molecule has 1 N–H and O–H groups in total. The lowest BCUT2D eigenvalue weighted by atomic mass is 10.1. The lowest BCUT2D eigenvalue weighted by Crippen LogP contribution is -2.45. The van der Waals surface area contributed by atoms with Gasteiger partial charge >= 0.3 is 0 Å². The van der Waals surface area contributed by atoms with Crippen LogP contribution in [-0.4, -0.2) is 34.7 Å². The summed E-state index contributed by atoms with van der Waals surface area (Å²) in [5.74, 6) is -0.645. The molecule has 0 saturated heterocycles. The Labute approximate surface area is 166 Å². The summed E-state index contributed by atoms with van der Waals surface area (Å²) in [6.45, 7) is 0.192. The van der Waals surface area contributed by atoms with Gasteiger partial charge in [0.15, 0.2) is 0 Å². The van der Waals surface area contributed by atoms with Gasteiger partial charge in [-0.25, -0.2) is 4.39 Å². The van der Waals surface area contributed by atoms with Crippen LogP contribution in [0.1, 0.15) is 39.1 Å². The Kier molecular flexibility index (Phi) is 6.30. The SMILES string of the molecule is CSCCCC(=O)NN1C(=O)c2ccc(OCc3ccc(F)cc3)cc2C1=O. The van der Waals surface area contributed by atoms with E-state index in [1.165, 1.54) is 24.3 Å². The third-order valence-electron chi connectivity index (χ3n) is 4.17. The molecule has 0 unspecified atom stereocenters. The molecule has 8 heteroatoms. The average Bonchev–Trinajstić information content (AvgIpc) is 2.92. The van der Waals surface area contributed by atoms with Crippen molar-refractivity contribution in [2.75, 3.05) is 12.0 Å². The van der Waals surface area contributed by atoms with Gasteiger partial charge in [-0.3, -0.25) is 19.8 Å². The number of carbonyl (C=O) groups is 3. The van der Waals surface area contributed by atoms with Crippen molar-refractivity contribution in [2.24, 2.45) is 0 Å². The van der Waals surface area contributed by atoms with Gasteiger partial charge in [-0.1, -0.05) is 12.1 Å². The van der Waals surface area contributed by atoms with Crippen molar-refractivity contribution in [1.82, 2.24) is 10.4 Å². The second-order valence-electron chi connectivity index (χ2n) is 6.20. The lowest BCUT2D eigenvalue weighted by molar-refractivity contribution is -0.124. The molecule has 6 nitrogen and oxygen atoms in total. The van der Waals surface area contributed by atoms with E-state index in [0.29, 0.717) is 12.2 Å². The predicted molar refractivity (Wildman–Crippen MR) is 103 cm³/mol. The molecule has 3 amide bonds. The lowest BCUT2D eigenvalue weighted by Gasteiger charge is -2.14. The standard InChI is InChI=1S/C20H19FN2O4S/c1-28-10-2-3-18(24)22-23-19(25)16-9-8-15(11-17(16)20(23)26)27-12-13-4-6-14(21)7-5-13/h4-9,11H,2-3,10,12H2,1H3,(H,22,24). The molecule has 0 spiro atoms. The molecule has 2 aromatic carbocycles. The summed E-state index contributed by atoms with van der Waals surface area (Å²) in [4.78, 5) is 36.9. The second-order valence-corrected chi connectivity index (χ2v) is 7.19. The smallest absolute Gasteiger partial charge is 0.280 e. The zero-order valence-corrected chi connectivity index (χ0v) is 16.1. The summed E-state index contributed by atoms with van der Waals surface area (Å²) < 4.78 is 18.6. The zero-order chi connectivity index (χ0) is 20.1. The van der Waals surface area contributed by atoms with Gasteiger partial charge in [0.25, 0.3) is 11.8 Å². The summed E-state index contributed by atoms with van der Waals surface area (Å²) in [5, 5.41) is 0.746. The molecule has 3 rings (SSSR count). The number of thioether (sulfide) groups is 1. The number of nitrogens with zero attached hydrogens (tertiary/aromatic N) is 1. The van der Waals surface area contributed by atoms with Gasteiger partial charge < -0.3 is 4.74 Å². The van der Waals surface area contributed by atoms with Crippen molar-refractivity contribution < 1.29 is 23.5 Å². The van der Waals surface area contributed by atoms with Gasteiger partial charge in [0.1, 0.15) is 18.2 Å². The van der Waals surface area contributed by atoms with E-state index < -0.39 is 11.8 Å². The van der Waals surface area contributed by atoms with Crippen molar-refractivity contribution in [2.45, 2.75) is 19.4 Å². The minimum absolute atomic E-state index is 0.172. The number of hydrogen-bond donors (Lipinski definition) is 1. The third kappa shape index (κ3) is 4.51. The van der Waals surface area contributed by atoms with Crippen LogP contribution >= 0.6 is 11.8 Å². The second kappa shape index (κ2) is 8.88. The Morgan fingerprint density at radius 3 is 2.54 bits per heavy atom. The fourth-order valence-electron chi connectivity index (χ4n) is 2.72. The van der Waals surface area contributed by atoms with Gasteiger partial charge in [-0.15, -0.1) is 0 Å². The minimum Gasteiger partial charge on any atom is -0.489 e. The maximum atomic E-state index is 12.9. The molecular formula is C20H19FN2O4S. The largest absolute Gasteiger partial charge is 0.489 e. The molecule has 28 heavy (non-hydrogen) atoms. The molecule has 2 aromatic rings. The van der Waals surface area contributed by atoms with Crippen molar-refractivity contribution in [3.8, 4) is 5.75 Å². The first-order valence-electron chi connectivity index (χ1n) is 8.68. The van der Waals surface area contributed by atoms with Gasteiger partial charge in [-0.05, 0) is 54.3 Å². The van der Waals surface area contributed by atoms with Crippen molar-refractivity contribution in [3.05, 3.63) is 65.0 Å². The normalized spacial score (nSPS) is 12.9. The molecule has 0 aromatic heterocycles. The van der Waals surface area contributed by atoms with Crippen LogP contribution in [0.15, 0.2) is 42.5 Å². The number of hydrazine groups is 1. The molecule has 0 fully saturated rings. The van der Waals surface area contributed by atoms with Crippen molar-refractivity contribution in [3.63, 3.8) is 0 Å². The van der Waals surface area contributed by atoms with Gasteiger partial charge in [0.2, 0.25) is 5.91 Å². The molecular weight excluding hydrogens is 383 g/mol. The van der Waals surface area contributed by atoms with Gasteiger partial charge in [0.05, 0.1) is 11.1 Å². The van der Waals surface area contributed by atoms with Crippen LogP contribution < -0.4 is 10.2 Å². The number of hydrogen-bond acceptors (Lipinski definition) is 5. The Bertz CT molecular complexity index is 902. The van der Waals surface area contributed by atoms with E-state index in [4.69, 9.17) is 4.74 Å². The summed E-state index contributed by atoms with van der Waals surface area (Å²) in [5.41, 5.74) is 3.53.